The van der Waals surface area contributed by atoms with Gasteiger partial charge in [-0.05, 0) is 38.0 Å². The van der Waals surface area contributed by atoms with Crippen LogP contribution in [0.15, 0.2) is 23.1 Å². The number of nitrogens with one attached hydrogen (secondary N) is 1. The molecule has 1 aliphatic heterocycles. The molecule has 1 aromatic rings. The van der Waals surface area contributed by atoms with Gasteiger partial charge in [0.2, 0.25) is 15.9 Å². The molecule has 0 radical (unpaired) electrons. The molecule has 0 saturated carbocycles. The van der Waals surface area contributed by atoms with E-state index in [9.17, 15) is 13.2 Å². The third-order valence-corrected chi connectivity index (χ3v) is 5.92. The number of rotatable bonds is 8. The Balaban J connectivity index is 1.97. The van der Waals surface area contributed by atoms with Gasteiger partial charge in [-0.3, -0.25) is 4.79 Å². The molecule has 0 unspecified atom stereocenters. The number of likely N-dealkylation sites (N-methyl/N-ethyl adjacent to an activating group) is 1. The smallest absolute Gasteiger partial charge is 0.243 e. The summed E-state index contributed by atoms with van der Waals surface area (Å²) in [4.78, 5) is 12.0. The van der Waals surface area contributed by atoms with Gasteiger partial charge in [-0.1, -0.05) is 11.6 Å². The van der Waals surface area contributed by atoms with Crippen molar-refractivity contribution in [2.45, 2.75) is 30.8 Å². The lowest BCUT2D eigenvalue weighted by molar-refractivity contribution is -0.121. The predicted molar refractivity (Wildman–Crippen MR) is 94.4 cm³/mol. The van der Waals surface area contributed by atoms with Crippen molar-refractivity contribution in [1.82, 2.24) is 9.62 Å². The third kappa shape index (κ3) is 5.31. The molecule has 0 aromatic heterocycles. The van der Waals surface area contributed by atoms with Crippen molar-refractivity contribution in [3.8, 4) is 5.75 Å². The van der Waals surface area contributed by atoms with Gasteiger partial charge in [-0.15, -0.1) is 0 Å². The maximum atomic E-state index is 12.6. The normalized spacial score (nSPS) is 17.7. The monoisotopic (exact) mass is 390 g/mol. The molecule has 140 valence electrons. The van der Waals surface area contributed by atoms with Gasteiger partial charge < -0.3 is 14.8 Å². The highest BCUT2D eigenvalue weighted by Crippen LogP contribution is 2.28. The zero-order chi connectivity index (χ0) is 18.4. The predicted octanol–water partition coefficient (Wildman–Crippen LogP) is 1.65. The largest absolute Gasteiger partial charge is 0.492 e. The SMILES string of the molecule is CCOc1ccc(S(=O)(=O)N(C)CC(=O)NC[C@H]2CCCO2)cc1Cl. The quantitative estimate of drug-likeness (QED) is 0.729. The minimum absolute atomic E-state index is 0.00961. The van der Waals surface area contributed by atoms with Crippen molar-refractivity contribution in [1.29, 1.82) is 0 Å². The lowest BCUT2D eigenvalue weighted by atomic mass is 10.2. The first-order valence-corrected chi connectivity index (χ1v) is 9.93. The number of benzene rings is 1. The Morgan fingerprint density at radius 2 is 2.24 bits per heavy atom. The molecule has 2 rings (SSSR count). The number of hydrogen-bond donors (Lipinski definition) is 1. The summed E-state index contributed by atoms with van der Waals surface area (Å²) < 4.78 is 36.8. The van der Waals surface area contributed by atoms with Gasteiger partial charge in [-0.2, -0.15) is 4.31 Å². The van der Waals surface area contributed by atoms with Crippen LogP contribution in [0.4, 0.5) is 0 Å². The Bertz CT molecular complexity index is 704. The average molecular weight is 391 g/mol. The van der Waals surface area contributed by atoms with Crippen molar-refractivity contribution in [3.05, 3.63) is 23.2 Å². The lowest BCUT2D eigenvalue weighted by Gasteiger charge is -2.18. The Morgan fingerprint density at radius 1 is 1.48 bits per heavy atom. The van der Waals surface area contributed by atoms with Crippen molar-refractivity contribution in [2.24, 2.45) is 0 Å². The highest BCUT2D eigenvalue weighted by atomic mass is 35.5. The molecule has 1 fully saturated rings. The van der Waals surface area contributed by atoms with Crippen molar-refractivity contribution in [2.75, 3.05) is 33.4 Å². The summed E-state index contributed by atoms with van der Waals surface area (Å²) in [6.45, 7) is 3.05. The van der Waals surface area contributed by atoms with Crippen molar-refractivity contribution >= 4 is 27.5 Å². The molecule has 0 aliphatic carbocycles. The topological polar surface area (TPSA) is 84.9 Å². The molecule has 1 heterocycles. The van der Waals surface area contributed by atoms with E-state index in [-0.39, 0.29) is 28.5 Å². The Kier molecular flexibility index (Phi) is 7.06. The standard InChI is InChI=1S/C16H23ClN2O5S/c1-3-23-15-7-6-13(9-14(15)17)25(21,22)19(2)11-16(20)18-10-12-5-4-8-24-12/h6-7,9,12H,3-5,8,10-11H2,1-2H3,(H,18,20)/t12-/m1/s1. The number of nitrogens with zero attached hydrogens (tertiary/aromatic N) is 1. The van der Waals surface area contributed by atoms with E-state index >= 15 is 0 Å². The second-order valence-corrected chi connectivity index (χ2v) is 8.18. The van der Waals surface area contributed by atoms with Crippen LogP contribution in [0.1, 0.15) is 19.8 Å². The molecule has 0 spiro atoms. The fourth-order valence-corrected chi connectivity index (χ4v) is 3.92. The van der Waals surface area contributed by atoms with Crippen LogP contribution in [0.25, 0.3) is 0 Å². The van der Waals surface area contributed by atoms with Crippen LogP contribution in [0, 0.1) is 0 Å². The molecular formula is C16H23ClN2O5S. The van der Waals surface area contributed by atoms with Crippen LogP contribution in [0.2, 0.25) is 5.02 Å². The van der Waals surface area contributed by atoms with Crippen LogP contribution in [0.5, 0.6) is 5.75 Å². The van der Waals surface area contributed by atoms with Gasteiger partial charge in [0, 0.05) is 20.2 Å². The number of halogens is 1. The van der Waals surface area contributed by atoms with E-state index in [2.05, 4.69) is 5.32 Å². The summed E-state index contributed by atoms with van der Waals surface area (Å²) >= 11 is 6.05. The Labute approximate surface area is 153 Å². The van der Waals surface area contributed by atoms with E-state index in [1.54, 1.807) is 0 Å². The summed E-state index contributed by atoms with van der Waals surface area (Å²) in [5, 5.41) is 2.91. The van der Waals surface area contributed by atoms with E-state index < -0.39 is 10.0 Å². The number of sulfonamides is 1. The highest BCUT2D eigenvalue weighted by Gasteiger charge is 2.24. The van der Waals surface area contributed by atoms with Crippen molar-refractivity contribution in [3.63, 3.8) is 0 Å². The third-order valence-electron chi connectivity index (χ3n) is 3.83. The molecule has 9 heteroatoms. The Hall–Kier alpha value is -1.35. The first-order valence-electron chi connectivity index (χ1n) is 8.11. The molecule has 1 aliphatic rings. The van der Waals surface area contributed by atoms with Gasteiger partial charge >= 0.3 is 0 Å². The fourth-order valence-electron chi connectivity index (χ4n) is 2.47. The van der Waals surface area contributed by atoms with E-state index in [0.29, 0.717) is 25.5 Å². The Morgan fingerprint density at radius 3 is 2.84 bits per heavy atom. The number of carbonyl (C=O) groups is 1. The van der Waals surface area contributed by atoms with E-state index in [0.717, 1.165) is 17.1 Å². The maximum absolute atomic E-state index is 12.6. The fraction of sp³-hybridized carbons (Fsp3) is 0.562. The number of amides is 1. The lowest BCUT2D eigenvalue weighted by Crippen LogP contribution is -2.40. The van der Waals surface area contributed by atoms with Gasteiger partial charge in [0.15, 0.2) is 0 Å². The summed E-state index contributed by atoms with van der Waals surface area (Å²) in [6.07, 6.45) is 1.89. The zero-order valence-corrected chi connectivity index (χ0v) is 15.9. The average Bonchev–Trinajstić information content (AvgIpc) is 3.08. The van der Waals surface area contributed by atoms with Gasteiger partial charge in [0.25, 0.3) is 0 Å². The number of ether oxygens (including phenoxy) is 2. The minimum Gasteiger partial charge on any atom is -0.492 e. The summed E-state index contributed by atoms with van der Waals surface area (Å²) in [6, 6.07) is 4.24. The molecule has 1 aromatic carbocycles. The van der Waals surface area contributed by atoms with Gasteiger partial charge in [0.05, 0.1) is 29.2 Å². The second-order valence-electron chi connectivity index (χ2n) is 5.73. The van der Waals surface area contributed by atoms with E-state index in [1.807, 2.05) is 6.92 Å². The summed E-state index contributed by atoms with van der Waals surface area (Å²) in [5.41, 5.74) is 0. The molecule has 1 saturated heterocycles. The highest BCUT2D eigenvalue weighted by molar-refractivity contribution is 7.89. The minimum atomic E-state index is -3.82. The van der Waals surface area contributed by atoms with E-state index in [1.165, 1.54) is 25.2 Å². The molecule has 1 atom stereocenters. The van der Waals surface area contributed by atoms with Crippen LogP contribution < -0.4 is 10.1 Å². The molecular weight excluding hydrogens is 368 g/mol. The maximum Gasteiger partial charge on any atom is 0.243 e. The van der Waals surface area contributed by atoms with Crippen molar-refractivity contribution < 1.29 is 22.7 Å². The number of hydrogen-bond acceptors (Lipinski definition) is 5. The molecule has 7 nitrogen and oxygen atoms in total. The molecule has 25 heavy (non-hydrogen) atoms. The molecule has 1 amide bonds. The van der Waals surface area contributed by atoms with Crippen LogP contribution in [-0.2, 0) is 19.6 Å². The number of carbonyl (C=O) groups excluding carboxylic acids is 1. The second kappa shape index (κ2) is 8.84. The summed E-state index contributed by atoms with van der Waals surface area (Å²) in [5.74, 6) is 0.0404. The van der Waals surface area contributed by atoms with Gasteiger partial charge in [0.1, 0.15) is 5.75 Å². The first kappa shape index (κ1) is 20.0. The summed E-state index contributed by atoms with van der Waals surface area (Å²) in [7, 11) is -2.47. The van der Waals surface area contributed by atoms with Crippen LogP contribution >= 0.6 is 11.6 Å². The molecule has 1 N–H and O–H groups in total. The van der Waals surface area contributed by atoms with E-state index in [4.69, 9.17) is 21.1 Å². The first-order chi connectivity index (χ1) is 11.8. The molecule has 0 bridgehead atoms. The van der Waals surface area contributed by atoms with Crippen LogP contribution in [-0.4, -0.2) is 58.1 Å². The van der Waals surface area contributed by atoms with Gasteiger partial charge in [-0.25, -0.2) is 8.42 Å². The zero-order valence-electron chi connectivity index (χ0n) is 14.3. The van der Waals surface area contributed by atoms with Crippen LogP contribution in [0.3, 0.4) is 0 Å².